The van der Waals surface area contributed by atoms with E-state index in [0.717, 1.165) is 16.7 Å². The van der Waals surface area contributed by atoms with Crippen molar-refractivity contribution in [1.29, 1.82) is 0 Å². The molecule has 1 aromatic rings. The lowest BCUT2D eigenvalue weighted by atomic mass is 9.87. The maximum Gasteiger partial charge on any atom is 0.171 e. The second-order valence-electron chi connectivity index (χ2n) is 4.33. The standard InChI is InChI=1S/C12H14O2/c1-8-4-3-5-9-6-12(2,7-13)11(14)10(8)9/h3-5,13H,6-7H2,1-2H3. The monoisotopic (exact) mass is 190 g/mol. The molecule has 1 unspecified atom stereocenters. The second-order valence-corrected chi connectivity index (χ2v) is 4.33. The van der Waals surface area contributed by atoms with E-state index < -0.39 is 5.41 Å². The van der Waals surface area contributed by atoms with Crippen molar-refractivity contribution in [3.63, 3.8) is 0 Å². The van der Waals surface area contributed by atoms with Gasteiger partial charge in [0.1, 0.15) is 0 Å². The number of benzene rings is 1. The molecule has 1 N–H and O–H groups in total. The topological polar surface area (TPSA) is 37.3 Å². The van der Waals surface area contributed by atoms with Crippen LogP contribution in [0.25, 0.3) is 0 Å². The number of aliphatic hydroxyl groups excluding tert-OH is 1. The van der Waals surface area contributed by atoms with Crippen molar-refractivity contribution >= 4 is 5.78 Å². The van der Waals surface area contributed by atoms with E-state index in [0.29, 0.717) is 6.42 Å². The number of aryl methyl sites for hydroxylation is 1. The van der Waals surface area contributed by atoms with Gasteiger partial charge in [-0.2, -0.15) is 0 Å². The Morgan fingerprint density at radius 3 is 2.79 bits per heavy atom. The summed E-state index contributed by atoms with van der Waals surface area (Å²) in [6, 6.07) is 5.88. The van der Waals surface area contributed by atoms with Crippen molar-refractivity contribution in [2.45, 2.75) is 20.3 Å². The van der Waals surface area contributed by atoms with Gasteiger partial charge < -0.3 is 5.11 Å². The van der Waals surface area contributed by atoms with Crippen LogP contribution in [0.4, 0.5) is 0 Å². The Hall–Kier alpha value is -1.15. The first-order valence-electron chi connectivity index (χ1n) is 4.83. The molecule has 0 bridgehead atoms. The Labute approximate surface area is 83.6 Å². The molecule has 0 aliphatic heterocycles. The fourth-order valence-corrected chi connectivity index (χ4v) is 2.13. The highest BCUT2D eigenvalue weighted by Gasteiger charge is 2.41. The zero-order valence-corrected chi connectivity index (χ0v) is 8.50. The molecule has 1 aromatic carbocycles. The van der Waals surface area contributed by atoms with Gasteiger partial charge in [0.25, 0.3) is 0 Å². The summed E-state index contributed by atoms with van der Waals surface area (Å²) in [5.74, 6) is 0.0908. The predicted molar refractivity (Wildman–Crippen MR) is 54.4 cm³/mol. The van der Waals surface area contributed by atoms with Crippen LogP contribution in [0.2, 0.25) is 0 Å². The summed E-state index contributed by atoms with van der Waals surface area (Å²) in [6.07, 6.45) is 0.666. The molecule has 0 aromatic heterocycles. The van der Waals surface area contributed by atoms with Crippen molar-refractivity contribution in [2.24, 2.45) is 5.41 Å². The third kappa shape index (κ3) is 1.11. The van der Waals surface area contributed by atoms with Crippen molar-refractivity contribution in [1.82, 2.24) is 0 Å². The Bertz CT molecular complexity index is 395. The Morgan fingerprint density at radius 1 is 1.50 bits per heavy atom. The summed E-state index contributed by atoms with van der Waals surface area (Å²) < 4.78 is 0. The lowest BCUT2D eigenvalue weighted by Gasteiger charge is -2.17. The molecule has 1 aliphatic carbocycles. The number of hydrogen-bond donors (Lipinski definition) is 1. The smallest absolute Gasteiger partial charge is 0.171 e. The number of fused-ring (bicyclic) bond motifs is 1. The number of carbonyl (C=O) groups is 1. The van der Waals surface area contributed by atoms with Crippen LogP contribution >= 0.6 is 0 Å². The minimum atomic E-state index is -0.589. The van der Waals surface area contributed by atoms with Gasteiger partial charge in [0.15, 0.2) is 5.78 Å². The molecule has 0 spiro atoms. The second kappa shape index (κ2) is 2.92. The Balaban J connectivity index is 2.57. The van der Waals surface area contributed by atoms with E-state index in [1.165, 1.54) is 0 Å². The molecule has 0 radical (unpaired) electrons. The maximum atomic E-state index is 12.0. The Morgan fingerprint density at radius 2 is 2.21 bits per heavy atom. The van der Waals surface area contributed by atoms with E-state index in [1.54, 1.807) is 0 Å². The Kier molecular flexibility index (Phi) is 1.96. The normalized spacial score (nSPS) is 25.2. The van der Waals surface area contributed by atoms with Gasteiger partial charge in [0.2, 0.25) is 0 Å². The molecule has 1 aliphatic rings. The number of hydrogen-bond acceptors (Lipinski definition) is 2. The van der Waals surface area contributed by atoms with Crippen molar-refractivity contribution in [3.8, 4) is 0 Å². The molecule has 0 saturated carbocycles. The third-order valence-electron chi connectivity index (χ3n) is 3.06. The van der Waals surface area contributed by atoms with E-state index in [1.807, 2.05) is 32.0 Å². The largest absolute Gasteiger partial charge is 0.395 e. The van der Waals surface area contributed by atoms with Gasteiger partial charge in [-0.05, 0) is 31.4 Å². The highest BCUT2D eigenvalue weighted by atomic mass is 16.3. The van der Waals surface area contributed by atoms with E-state index in [2.05, 4.69) is 0 Å². The molecule has 0 fully saturated rings. The maximum absolute atomic E-state index is 12.0. The molecule has 2 nitrogen and oxygen atoms in total. The highest BCUT2D eigenvalue weighted by Crippen LogP contribution is 2.37. The first kappa shape index (κ1) is 9.41. The van der Waals surface area contributed by atoms with Crippen LogP contribution < -0.4 is 0 Å². The van der Waals surface area contributed by atoms with E-state index >= 15 is 0 Å². The van der Waals surface area contributed by atoms with Crippen LogP contribution in [0.3, 0.4) is 0 Å². The minimum Gasteiger partial charge on any atom is -0.395 e. The third-order valence-corrected chi connectivity index (χ3v) is 3.06. The average molecular weight is 190 g/mol. The van der Waals surface area contributed by atoms with E-state index in [9.17, 15) is 9.90 Å². The minimum absolute atomic E-state index is 0.0695. The summed E-state index contributed by atoms with van der Waals surface area (Å²) in [5.41, 5.74) is 2.33. The van der Waals surface area contributed by atoms with Crippen LogP contribution in [0.15, 0.2) is 18.2 Å². The van der Waals surface area contributed by atoms with Crippen molar-refractivity contribution in [2.75, 3.05) is 6.61 Å². The van der Waals surface area contributed by atoms with Gasteiger partial charge in [0.05, 0.1) is 12.0 Å². The first-order chi connectivity index (χ1) is 6.58. The molecule has 0 saturated heterocycles. The number of Topliss-reactive ketones (excluding diaryl/α,β-unsaturated/α-hetero) is 1. The summed E-state index contributed by atoms with van der Waals surface area (Å²) in [7, 11) is 0. The van der Waals surface area contributed by atoms with Gasteiger partial charge in [-0.3, -0.25) is 4.79 Å². The van der Waals surface area contributed by atoms with Crippen LogP contribution in [0, 0.1) is 12.3 Å². The number of ketones is 1. The molecular formula is C12H14O2. The SMILES string of the molecule is Cc1cccc2c1C(=O)C(C)(CO)C2. The predicted octanol–water partition coefficient (Wildman–Crippen LogP) is 1.73. The first-order valence-corrected chi connectivity index (χ1v) is 4.83. The highest BCUT2D eigenvalue weighted by molar-refractivity contribution is 6.05. The average Bonchev–Trinajstić information content (AvgIpc) is 2.42. The van der Waals surface area contributed by atoms with Gasteiger partial charge >= 0.3 is 0 Å². The summed E-state index contributed by atoms with van der Waals surface area (Å²) >= 11 is 0. The molecule has 74 valence electrons. The van der Waals surface area contributed by atoms with Crippen LogP contribution in [0.5, 0.6) is 0 Å². The lowest BCUT2D eigenvalue weighted by Crippen LogP contribution is -2.28. The summed E-state index contributed by atoms with van der Waals surface area (Å²) in [5, 5.41) is 9.24. The quantitative estimate of drug-likeness (QED) is 0.732. The van der Waals surface area contributed by atoms with Gasteiger partial charge in [0, 0.05) is 5.56 Å². The molecule has 0 amide bonds. The summed E-state index contributed by atoms with van der Waals surface area (Å²) in [6.45, 7) is 3.70. The zero-order valence-electron chi connectivity index (χ0n) is 8.50. The number of rotatable bonds is 1. The molecule has 14 heavy (non-hydrogen) atoms. The molecule has 2 rings (SSSR count). The summed E-state index contributed by atoms with van der Waals surface area (Å²) in [4.78, 5) is 12.0. The van der Waals surface area contributed by atoms with Crippen molar-refractivity contribution < 1.29 is 9.90 Å². The van der Waals surface area contributed by atoms with Crippen molar-refractivity contribution in [3.05, 3.63) is 34.9 Å². The van der Waals surface area contributed by atoms with Crippen LogP contribution in [-0.4, -0.2) is 17.5 Å². The van der Waals surface area contributed by atoms with Gasteiger partial charge in [-0.1, -0.05) is 18.2 Å². The van der Waals surface area contributed by atoms with Crippen LogP contribution in [-0.2, 0) is 6.42 Å². The van der Waals surface area contributed by atoms with Crippen LogP contribution in [0.1, 0.15) is 28.4 Å². The molecule has 2 heteroatoms. The van der Waals surface area contributed by atoms with E-state index in [-0.39, 0.29) is 12.4 Å². The fourth-order valence-electron chi connectivity index (χ4n) is 2.13. The fraction of sp³-hybridized carbons (Fsp3) is 0.417. The molecule has 0 heterocycles. The molecular weight excluding hydrogens is 176 g/mol. The van der Waals surface area contributed by atoms with E-state index in [4.69, 9.17) is 0 Å². The lowest BCUT2D eigenvalue weighted by molar-refractivity contribution is 0.0722. The zero-order chi connectivity index (χ0) is 10.3. The van der Waals surface area contributed by atoms with Gasteiger partial charge in [-0.25, -0.2) is 0 Å². The van der Waals surface area contributed by atoms with Gasteiger partial charge in [-0.15, -0.1) is 0 Å². The molecule has 1 atom stereocenters. The number of carbonyl (C=O) groups excluding carboxylic acids is 1. The number of aliphatic hydroxyl groups is 1.